The zero-order valence-corrected chi connectivity index (χ0v) is 16.9. The van der Waals surface area contributed by atoms with E-state index in [9.17, 15) is 4.79 Å². The summed E-state index contributed by atoms with van der Waals surface area (Å²) in [5, 5.41) is 0. The molecule has 30 heavy (non-hydrogen) atoms. The first-order valence-corrected chi connectivity index (χ1v) is 10.9. The predicted octanol–water partition coefficient (Wildman–Crippen LogP) is 5.49. The van der Waals surface area contributed by atoms with E-state index in [2.05, 4.69) is 71.6 Å². The number of ketones is 1. The summed E-state index contributed by atoms with van der Waals surface area (Å²) in [7, 11) is 0. The second kappa shape index (κ2) is 6.66. The third-order valence-corrected chi connectivity index (χ3v) is 7.06. The molecule has 2 aliphatic heterocycles. The third kappa shape index (κ3) is 2.51. The predicted molar refractivity (Wildman–Crippen MR) is 120 cm³/mol. The summed E-state index contributed by atoms with van der Waals surface area (Å²) in [5.41, 5.74) is 5.33. The van der Waals surface area contributed by atoms with Crippen molar-refractivity contribution in [2.75, 3.05) is 0 Å². The molecule has 6 rings (SSSR count). The van der Waals surface area contributed by atoms with Crippen LogP contribution in [0.1, 0.15) is 42.7 Å². The lowest BCUT2D eigenvalue weighted by atomic mass is 9.66. The van der Waals surface area contributed by atoms with Gasteiger partial charge in [-0.25, -0.2) is 0 Å². The van der Waals surface area contributed by atoms with Crippen molar-refractivity contribution < 1.29 is 4.79 Å². The zero-order chi connectivity index (χ0) is 20.1. The van der Waals surface area contributed by atoms with Crippen LogP contribution in [0.2, 0.25) is 0 Å². The minimum Gasteiger partial charge on any atom is -0.313 e. The number of aliphatic imine (C=N–C) groups is 1. The highest BCUT2D eigenvalue weighted by Gasteiger charge is 2.56. The van der Waals surface area contributed by atoms with Crippen molar-refractivity contribution in [1.29, 1.82) is 0 Å². The van der Waals surface area contributed by atoms with Crippen molar-refractivity contribution in [3.8, 4) is 0 Å². The molecule has 1 spiro atoms. The van der Waals surface area contributed by atoms with Crippen LogP contribution >= 0.6 is 0 Å². The van der Waals surface area contributed by atoms with Crippen LogP contribution in [-0.4, -0.2) is 22.1 Å². The average Bonchev–Trinajstić information content (AvgIpc) is 3.12. The number of nitrogens with zero attached hydrogens (tertiary/aromatic N) is 2. The topological polar surface area (TPSA) is 32.7 Å². The Kier molecular flexibility index (Phi) is 3.92. The normalized spacial score (nSPS) is 29.4. The van der Waals surface area contributed by atoms with Crippen LogP contribution < -0.4 is 0 Å². The molecule has 1 saturated carbocycles. The van der Waals surface area contributed by atoms with Gasteiger partial charge in [0.15, 0.2) is 5.78 Å². The fourth-order valence-corrected chi connectivity index (χ4v) is 5.83. The van der Waals surface area contributed by atoms with Gasteiger partial charge in [-0.3, -0.25) is 9.79 Å². The minimum absolute atomic E-state index is 0.0472. The zero-order valence-electron chi connectivity index (χ0n) is 16.9. The van der Waals surface area contributed by atoms with E-state index >= 15 is 0 Å². The lowest BCUT2D eigenvalue weighted by Crippen LogP contribution is -2.54. The Labute approximate surface area is 177 Å². The number of carbonyl (C=O) groups is 1. The summed E-state index contributed by atoms with van der Waals surface area (Å²) in [6.07, 6.45) is 12.3. The van der Waals surface area contributed by atoms with E-state index in [1.54, 1.807) is 12.2 Å². The Morgan fingerprint density at radius 2 is 1.67 bits per heavy atom. The quantitative estimate of drug-likeness (QED) is 0.633. The fourth-order valence-electron chi connectivity index (χ4n) is 5.83. The van der Waals surface area contributed by atoms with Crippen molar-refractivity contribution in [3.63, 3.8) is 0 Å². The van der Waals surface area contributed by atoms with Crippen LogP contribution in [0.3, 0.4) is 0 Å². The Morgan fingerprint density at radius 3 is 2.47 bits per heavy atom. The number of allylic oxidation sites excluding steroid dienone is 4. The van der Waals surface area contributed by atoms with Crippen LogP contribution in [0.5, 0.6) is 0 Å². The molecule has 0 amide bonds. The molecule has 0 aromatic heterocycles. The lowest BCUT2D eigenvalue weighted by Gasteiger charge is -2.53. The molecule has 2 aliphatic carbocycles. The molecular formula is C27H24N2O. The summed E-state index contributed by atoms with van der Waals surface area (Å²) in [4.78, 5) is 20.1. The van der Waals surface area contributed by atoms with E-state index in [4.69, 9.17) is 4.99 Å². The summed E-state index contributed by atoms with van der Waals surface area (Å²) < 4.78 is 0. The summed E-state index contributed by atoms with van der Waals surface area (Å²) >= 11 is 0. The molecule has 148 valence electrons. The highest BCUT2D eigenvalue weighted by atomic mass is 16.1. The van der Waals surface area contributed by atoms with Crippen LogP contribution in [0.4, 0.5) is 0 Å². The molecule has 0 bridgehead atoms. The first kappa shape index (κ1) is 17.6. The van der Waals surface area contributed by atoms with Gasteiger partial charge in [0.05, 0.1) is 11.4 Å². The van der Waals surface area contributed by atoms with Gasteiger partial charge < -0.3 is 4.90 Å². The van der Waals surface area contributed by atoms with Gasteiger partial charge in [0.1, 0.15) is 5.66 Å². The van der Waals surface area contributed by atoms with E-state index < -0.39 is 0 Å². The summed E-state index contributed by atoms with van der Waals surface area (Å²) in [6.45, 7) is 0. The fraction of sp³-hybridized carbons (Fsp3) is 0.259. The molecule has 0 unspecified atom stereocenters. The minimum atomic E-state index is -0.311. The van der Waals surface area contributed by atoms with Crippen LogP contribution in [-0.2, 0) is 4.79 Å². The molecule has 4 aliphatic rings. The number of hydrogen-bond acceptors (Lipinski definition) is 3. The largest absolute Gasteiger partial charge is 0.313 e. The Morgan fingerprint density at radius 1 is 0.900 bits per heavy atom. The van der Waals surface area contributed by atoms with Gasteiger partial charge in [-0.1, -0.05) is 73.2 Å². The highest BCUT2D eigenvalue weighted by Crippen LogP contribution is 2.57. The lowest BCUT2D eigenvalue weighted by molar-refractivity contribution is -0.110. The maximum absolute atomic E-state index is 12.3. The van der Waals surface area contributed by atoms with Crippen LogP contribution in [0.25, 0.3) is 5.70 Å². The third-order valence-electron chi connectivity index (χ3n) is 7.06. The summed E-state index contributed by atoms with van der Waals surface area (Å²) in [6, 6.07) is 21.4. The number of rotatable bonds is 2. The maximum Gasteiger partial charge on any atom is 0.180 e. The first-order valence-electron chi connectivity index (χ1n) is 10.9. The molecule has 0 radical (unpaired) electrons. The van der Waals surface area contributed by atoms with Crippen LogP contribution in [0.15, 0.2) is 95.7 Å². The van der Waals surface area contributed by atoms with Crippen molar-refractivity contribution in [3.05, 3.63) is 102 Å². The second-order valence-corrected chi connectivity index (χ2v) is 8.68. The van der Waals surface area contributed by atoms with E-state index in [1.165, 1.54) is 23.2 Å². The van der Waals surface area contributed by atoms with E-state index in [1.807, 2.05) is 6.08 Å². The standard InChI is InChI=1S/C27H24N2O/c30-21-14-15-24-26(17-21)29-25(20-11-5-2-6-12-20)18-22(19-9-3-1-4-10-19)23-13-7-8-16-27(23,29)28-24/h1-6,9-12,14-15,17-18,22-23H,7-8,13,16H2/t22-,23+,27-/m1/s1. The molecule has 3 nitrogen and oxygen atoms in total. The number of benzene rings is 2. The summed E-state index contributed by atoms with van der Waals surface area (Å²) in [5.74, 6) is 0.748. The second-order valence-electron chi connectivity index (χ2n) is 8.68. The van der Waals surface area contributed by atoms with Crippen molar-refractivity contribution >= 4 is 17.2 Å². The molecule has 3 atom stereocenters. The molecule has 2 aromatic rings. The molecular weight excluding hydrogens is 368 g/mol. The Bertz CT molecular complexity index is 1130. The molecule has 3 heteroatoms. The van der Waals surface area contributed by atoms with Gasteiger partial charge in [0, 0.05) is 23.6 Å². The Balaban J connectivity index is 1.61. The maximum atomic E-state index is 12.3. The van der Waals surface area contributed by atoms with Gasteiger partial charge in [0.2, 0.25) is 0 Å². The van der Waals surface area contributed by atoms with Crippen molar-refractivity contribution in [2.24, 2.45) is 10.9 Å². The van der Waals surface area contributed by atoms with Gasteiger partial charge in [0.25, 0.3) is 0 Å². The molecule has 2 heterocycles. The van der Waals surface area contributed by atoms with Crippen molar-refractivity contribution in [1.82, 2.24) is 4.90 Å². The number of fused-ring (bicyclic) bond motifs is 2. The number of hydrogen-bond donors (Lipinski definition) is 0. The van der Waals surface area contributed by atoms with E-state index in [0.29, 0.717) is 11.8 Å². The highest BCUT2D eigenvalue weighted by molar-refractivity contribution is 6.21. The van der Waals surface area contributed by atoms with E-state index in [-0.39, 0.29) is 11.4 Å². The van der Waals surface area contributed by atoms with Gasteiger partial charge in [-0.15, -0.1) is 0 Å². The molecule has 1 fully saturated rings. The van der Waals surface area contributed by atoms with Gasteiger partial charge >= 0.3 is 0 Å². The van der Waals surface area contributed by atoms with Gasteiger partial charge in [-0.05, 0) is 42.5 Å². The number of carbonyl (C=O) groups excluding carboxylic acids is 1. The van der Waals surface area contributed by atoms with Gasteiger partial charge in [-0.2, -0.15) is 0 Å². The van der Waals surface area contributed by atoms with Crippen LogP contribution in [0, 0.1) is 5.92 Å². The molecule has 0 saturated heterocycles. The van der Waals surface area contributed by atoms with E-state index in [0.717, 1.165) is 30.7 Å². The monoisotopic (exact) mass is 392 g/mol. The smallest absolute Gasteiger partial charge is 0.180 e. The first-order chi connectivity index (χ1) is 14.8. The Hall–Kier alpha value is -3.20. The molecule has 2 aromatic carbocycles. The molecule has 0 N–H and O–H groups in total. The SMILES string of the molecule is O=C1C=CC2=N[C@@]34CCCC[C@H]3[C@@H](c3ccccc3)C=C(c3ccccc3)N4C2=C1. The van der Waals surface area contributed by atoms with Crippen molar-refractivity contribution in [2.45, 2.75) is 37.3 Å². The average molecular weight is 393 g/mol.